The number of fused-ring (bicyclic) bond motifs is 1. The molecule has 2 N–H and O–H groups in total. The number of hydrogen-bond acceptors (Lipinski definition) is 5. The third-order valence-electron chi connectivity index (χ3n) is 5.26. The van der Waals surface area contributed by atoms with Crippen LogP contribution in [0.4, 0.5) is 4.79 Å². The molecule has 0 saturated carbocycles. The smallest absolute Gasteiger partial charge is 0.317 e. The number of benzene rings is 1. The molecule has 3 atom stereocenters. The molecule has 0 fully saturated rings. The highest BCUT2D eigenvalue weighted by atomic mass is 32.2. The van der Waals surface area contributed by atoms with Crippen molar-refractivity contribution in [3.63, 3.8) is 0 Å². The SMILES string of the molecule is C/C=C/c1ccc2c(c1)O[C@H](CN(C)C(=O)NC(C)C)[C@@H](C)CN([C@@H](C)CO)S2(=O)=O. The maximum atomic E-state index is 13.4. The molecule has 174 valence electrons. The Balaban J connectivity index is 2.50. The van der Waals surface area contributed by atoms with Gasteiger partial charge in [-0.25, -0.2) is 13.2 Å². The van der Waals surface area contributed by atoms with Gasteiger partial charge in [-0.05, 0) is 45.4 Å². The van der Waals surface area contributed by atoms with Gasteiger partial charge in [0.05, 0.1) is 13.2 Å². The van der Waals surface area contributed by atoms with Crippen molar-refractivity contribution in [1.29, 1.82) is 0 Å². The lowest BCUT2D eigenvalue weighted by molar-refractivity contribution is 0.0810. The molecule has 9 heteroatoms. The van der Waals surface area contributed by atoms with E-state index in [1.165, 1.54) is 4.31 Å². The predicted octanol–water partition coefficient (Wildman–Crippen LogP) is 2.54. The second-order valence-electron chi connectivity index (χ2n) is 8.43. The van der Waals surface area contributed by atoms with Crippen LogP contribution in [0, 0.1) is 5.92 Å². The van der Waals surface area contributed by atoms with Gasteiger partial charge in [-0.3, -0.25) is 0 Å². The van der Waals surface area contributed by atoms with E-state index in [4.69, 9.17) is 4.74 Å². The summed E-state index contributed by atoms with van der Waals surface area (Å²) in [5.41, 5.74) is 0.816. The first-order chi connectivity index (χ1) is 14.5. The van der Waals surface area contributed by atoms with Crippen LogP contribution in [0.2, 0.25) is 0 Å². The van der Waals surface area contributed by atoms with E-state index >= 15 is 0 Å². The van der Waals surface area contributed by atoms with E-state index in [1.54, 1.807) is 37.1 Å². The number of amides is 2. The van der Waals surface area contributed by atoms with Crippen LogP contribution in [-0.4, -0.2) is 73.7 Å². The average Bonchev–Trinajstić information content (AvgIpc) is 2.69. The number of nitrogens with one attached hydrogen (secondary N) is 1. The number of hydrogen-bond donors (Lipinski definition) is 2. The van der Waals surface area contributed by atoms with E-state index in [9.17, 15) is 18.3 Å². The average molecular weight is 454 g/mol. The Morgan fingerprint density at radius 2 is 2.06 bits per heavy atom. The van der Waals surface area contributed by atoms with Crippen molar-refractivity contribution in [3.8, 4) is 5.75 Å². The van der Waals surface area contributed by atoms with Crippen LogP contribution in [0.15, 0.2) is 29.2 Å². The fourth-order valence-corrected chi connectivity index (χ4v) is 5.29. The molecule has 0 spiro atoms. The summed E-state index contributed by atoms with van der Waals surface area (Å²) in [5, 5.41) is 12.5. The van der Waals surface area contributed by atoms with Crippen molar-refractivity contribution in [2.75, 3.05) is 26.7 Å². The molecular weight excluding hydrogens is 418 g/mol. The lowest BCUT2D eigenvalue weighted by atomic mass is 10.0. The molecule has 0 unspecified atom stereocenters. The molecule has 2 amide bonds. The molecule has 1 aliphatic rings. The number of likely N-dealkylation sites (N-methyl/N-ethyl adjacent to an activating group) is 1. The van der Waals surface area contributed by atoms with Crippen molar-refractivity contribution in [2.45, 2.75) is 57.7 Å². The summed E-state index contributed by atoms with van der Waals surface area (Å²) in [6, 6.07) is 4.16. The van der Waals surface area contributed by atoms with Gasteiger partial charge in [0.2, 0.25) is 10.0 Å². The van der Waals surface area contributed by atoms with E-state index in [-0.39, 0.29) is 48.3 Å². The van der Waals surface area contributed by atoms with Gasteiger partial charge in [0, 0.05) is 31.6 Å². The van der Waals surface area contributed by atoms with Crippen molar-refractivity contribution in [3.05, 3.63) is 29.8 Å². The zero-order valence-electron chi connectivity index (χ0n) is 19.2. The largest absolute Gasteiger partial charge is 0.487 e. The normalized spacial score (nSPS) is 22.3. The van der Waals surface area contributed by atoms with Gasteiger partial charge in [0.15, 0.2) is 0 Å². The number of sulfonamides is 1. The summed E-state index contributed by atoms with van der Waals surface area (Å²) in [5.74, 6) is 0.0246. The Bertz CT molecular complexity index is 900. The van der Waals surface area contributed by atoms with Crippen LogP contribution in [0.3, 0.4) is 0 Å². The molecule has 0 bridgehead atoms. The van der Waals surface area contributed by atoms with E-state index < -0.39 is 22.2 Å². The third kappa shape index (κ3) is 5.99. The van der Waals surface area contributed by atoms with Crippen LogP contribution >= 0.6 is 0 Å². The van der Waals surface area contributed by atoms with Crippen LogP contribution < -0.4 is 10.1 Å². The van der Waals surface area contributed by atoms with Crippen LogP contribution in [-0.2, 0) is 10.0 Å². The Labute approximate surface area is 185 Å². The molecule has 0 radical (unpaired) electrons. The molecule has 1 heterocycles. The van der Waals surface area contributed by atoms with Gasteiger partial charge in [0.25, 0.3) is 0 Å². The monoisotopic (exact) mass is 453 g/mol. The second kappa shape index (κ2) is 10.5. The highest BCUT2D eigenvalue weighted by Gasteiger charge is 2.38. The number of allylic oxidation sites excluding steroid dienone is 1. The summed E-state index contributed by atoms with van der Waals surface area (Å²) in [4.78, 5) is 14.0. The third-order valence-corrected chi connectivity index (χ3v) is 7.28. The Morgan fingerprint density at radius 1 is 1.39 bits per heavy atom. The zero-order valence-corrected chi connectivity index (χ0v) is 20.0. The molecule has 1 aromatic rings. The first kappa shape index (κ1) is 25.2. The van der Waals surface area contributed by atoms with E-state index in [0.29, 0.717) is 0 Å². The molecule has 2 rings (SSSR count). The minimum absolute atomic E-state index is 0.000721. The van der Waals surface area contributed by atoms with Gasteiger partial charge in [-0.1, -0.05) is 25.1 Å². The van der Waals surface area contributed by atoms with E-state index in [1.807, 2.05) is 39.8 Å². The number of ether oxygens (including phenoxy) is 1. The Kier molecular flexibility index (Phi) is 8.50. The first-order valence-electron chi connectivity index (χ1n) is 10.6. The number of nitrogens with zero attached hydrogens (tertiary/aromatic N) is 2. The summed E-state index contributed by atoms with van der Waals surface area (Å²) in [6.07, 6.45) is 3.29. The minimum atomic E-state index is -3.87. The molecule has 8 nitrogen and oxygen atoms in total. The quantitative estimate of drug-likeness (QED) is 0.690. The molecule has 1 aromatic carbocycles. The summed E-state index contributed by atoms with van der Waals surface area (Å²) < 4.78 is 34.3. The summed E-state index contributed by atoms with van der Waals surface area (Å²) in [7, 11) is -2.18. The molecule has 0 saturated heterocycles. The first-order valence-corrected chi connectivity index (χ1v) is 12.0. The summed E-state index contributed by atoms with van der Waals surface area (Å²) in [6.45, 7) is 9.40. The van der Waals surface area contributed by atoms with Gasteiger partial charge < -0.3 is 20.1 Å². The van der Waals surface area contributed by atoms with Gasteiger partial charge in [-0.2, -0.15) is 4.31 Å². The molecule has 0 aliphatic carbocycles. The predicted molar refractivity (Wildman–Crippen MR) is 121 cm³/mol. The number of rotatable bonds is 6. The maximum absolute atomic E-state index is 13.4. The molecular formula is C22H35N3O5S. The van der Waals surface area contributed by atoms with Crippen molar-refractivity contribution in [1.82, 2.24) is 14.5 Å². The molecule has 0 aromatic heterocycles. The number of aliphatic hydroxyl groups is 1. The standard InChI is InChI=1S/C22H35N3O5S/c1-7-8-18-9-10-21-19(11-18)30-20(13-24(6)22(27)23-15(2)3)16(4)12-25(17(5)14-26)31(21,28)29/h7-11,15-17,20,26H,12-14H2,1-6H3,(H,23,27)/b8-7+/t16-,17-,20+/m0/s1. The fraction of sp³-hybridized carbons (Fsp3) is 0.591. The molecule has 31 heavy (non-hydrogen) atoms. The highest BCUT2D eigenvalue weighted by Crippen LogP contribution is 2.34. The van der Waals surface area contributed by atoms with Crippen molar-refractivity contribution in [2.24, 2.45) is 5.92 Å². The van der Waals surface area contributed by atoms with Gasteiger partial charge >= 0.3 is 6.03 Å². The second-order valence-corrected chi connectivity index (χ2v) is 10.3. The van der Waals surface area contributed by atoms with E-state index in [2.05, 4.69) is 5.32 Å². The number of aliphatic hydroxyl groups excluding tert-OH is 1. The Hall–Kier alpha value is -2.10. The topological polar surface area (TPSA) is 99.2 Å². The van der Waals surface area contributed by atoms with E-state index in [0.717, 1.165) is 5.56 Å². The zero-order chi connectivity index (χ0) is 23.3. The van der Waals surface area contributed by atoms with Crippen molar-refractivity contribution >= 4 is 22.1 Å². The lowest BCUT2D eigenvalue weighted by Crippen LogP contribution is -2.51. The van der Waals surface area contributed by atoms with Crippen LogP contribution in [0.25, 0.3) is 6.08 Å². The molecule has 1 aliphatic heterocycles. The number of carbonyl (C=O) groups is 1. The van der Waals surface area contributed by atoms with Crippen LogP contribution in [0.1, 0.15) is 40.2 Å². The summed E-state index contributed by atoms with van der Waals surface area (Å²) >= 11 is 0. The minimum Gasteiger partial charge on any atom is -0.487 e. The lowest BCUT2D eigenvalue weighted by Gasteiger charge is -2.37. The fourth-order valence-electron chi connectivity index (χ4n) is 3.47. The Morgan fingerprint density at radius 3 is 2.65 bits per heavy atom. The van der Waals surface area contributed by atoms with Crippen molar-refractivity contribution < 1.29 is 23.1 Å². The van der Waals surface area contributed by atoms with Gasteiger partial charge in [0.1, 0.15) is 16.7 Å². The van der Waals surface area contributed by atoms with Crippen LogP contribution in [0.5, 0.6) is 5.75 Å². The number of carbonyl (C=O) groups excluding carboxylic acids is 1. The maximum Gasteiger partial charge on any atom is 0.317 e. The number of urea groups is 1. The highest BCUT2D eigenvalue weighted by molar-refractivity contribution is 7.89. The van der Waals surface area contributed by atoms with Gasteiger partial charge in [-0.15, -0.1) is 0 Å².